The fraction of sp³-hybridized carbons (Fsp3) is 0.0909. The Labute approximate surface area is 82.2 Å². The van der Waals surface area contributed by atoms with Gasteiger partial charge in [0.15, 0.2) is 0 Å². The van der Waals surface area contributed by atoms with Gasteiger partial charge in [0.2, 0.25) is 0 Å². The van der Waals surface area contributed by atoms with Crippen LogP contribution in [0.1, 0.15) is 5.56 Å². The summed E-state index contributed by atoms with van der Waals surface area (Å²) in [5, 5.41) is 1.12. The first-order valence-corrected chi connectivity index (χ1v) is 4.38. The largest absolute Gasteiger partial charge is 0.497 e. The third kappa shape index (κ3) is 1.33. The molecule has 2 rings (SSSR count). The van der Waals surface area contributed by atoms with Crippen molar-refractivity contribution in [2.75, 3.05) is 7.11 Å². The van der Waals surface area contributed by atoms with Crippen LogP contribution < -0.4 is 10.5 Å². The van der Waals surface area contributed by atoms with Gasteiger partial charge in [-0.1, -0.05) is 0 Å². The number of aromatic nitrogens is 1. The van der Waals surface area contributed by atoms with Crippen molar-refractivity contribution in [2.45, 2.75) is 0 Å². The summed E-state index contributed by atoms with van der Waals surface area (Å²) in [5.74, 6) is 0.851. The molecule has 0 fully saturated rings. The van der Waals surface area contributed by atoms with Crippen LogP contribution in [-0.2, 0) is 0 Å². The van der Waals surface area contributed by atoms with E-state index in [2.05, 4.69) is 4.98 Å². The van der Waals surface area contributed by atoms with Gasteiger partial charge in [0.25, 0.3) is 0 Å². The molecule has 3 heteroatoms. The Morgan fingerprint density at radius 2 is 2.29 bits per heavy atom. The summed E-state index contributed by atoms with van der Waals surface area (Å²) in [6.45, 7) is 0. The lowest BCUT2D eigenvalue weighted by atomic mass is 10.1. The molecule has 0 atom stereocenters. The number of nitrogens with two attached hydrogens (primary N) is 1. The molecule has 0 aliphatic carbocycles. The minimum Gasteiger partial charge on any atom is -0.497 e. The van der Waals surface area contributed by atoms with Gasteiger partial charge in [-0.3, -0.25) is 0 Å². The molecule has 0 aliphatic heterocycles. The second-order valence-corrected chi connectivity index (χ2v) is 3.01. The van der Waals surface area contributed by atoms with Crippen LogP contribution >= 0.6 is 0 Å². The van der Waals surface area contributed by atoms with Crippen LogP contribution in [0.2, 0.25) is 0 Å². The minimum absolute atomic E-state index is 0.851. The molecule has 0 bridgehead atoms. The number of nitrogens with one attached hydrogen (secondary N) is 1. The summed E-state index contributed by atoms with van der Waals surface area (Å²) in [4.78, 5) is 3.16. The first-order chi connectivity index (χ1) is 6.85. The Kier molecular flexibility index (Phi) is 2.14. The average Bonchev–Trinajstić information content (AvgIpc) is 2.61. The van der Waals surface area contributed by atoms with Crippen LogP contribution in [0.4, 0.5) is 0 Å². The standard InChI is InChI=1S/C11H12N2O/c1-14-9-2-3-11-10(6-9)8(4-5-12)7-13-11/h2-7,13H,12H2,1H3/b5-4+. The maximum absolute atomic E-state index is 5.36. The Bertz CT molecular complexity index is 471. The highest BCUT2D eigenvalue weighted by Gasteiger charge is 2.01. The fourth-order valence-electron chi connectivity index (χ4n) is 1.49. The average molecular weight is 188 g/mol. The molecule has 0 spiro atoms. The molecule has 0 radical (unpaired) electrons. The van der Waals surface area contributed by atoms with Gasteiger partial charge in [0.1, 0.15) is 5.75 Å². The van der Waals surface area contributed by atoms with E-state index in [1.165, 1.54) is 6.20 Å². The third-order valence-corrected chi connectivity index (χ3v) is 2.20. The lowest BCUT2D eigenvalue weighted by molar-refractivity contribution is 0.415. The molecule has 3 nitrogen and oxygen atoms in total. The molecule has 1 aromatic carbocycles. The van der Waals surface area contributed by atoms with Crippen molar-refractivity contribution in [2.24, 2.45) is 5.73 Å². The van der Waals surface area contributed by atoms with E-state index in [-0.39, 0.29) is 0 Å². The second-order valence-electron chi connectivity index (χ2n) is 3.01. The van der Waals surface area contributed by atoms with Crippen molar-refractivity contribution in [3.63, 3.8) is 0 Å². The Morgan fingerprint density at radius 1 is 1.43 bits per heavy atom. The van der Waals surface area contributed by atoms with Gasteiger partial charge in [0, 0.05) is 22.7 Å². The SMILES string of the molecule is COc1ccc2[nH]cc(/C=C/N)c2c1. The van der Waals surface area contributed by atoms with Crippen LogP contribution in [0.3, 0.4) is 0 Å². The zero-order valence-corrected chi connectivity index (χ0v) is 7.95. The van der Waals surface area contributed by atoms with Crippen molar-refractivity contribution in [3.8, 4) is 5.75 Å². The van der Waals surface area contributed by atoms with E-state index in [0.29, 0.717) is 0 Å². The molecule has 2 aromatic rings. The van der Waals surface area contributed by atoms with Gasteiger partial charge in [-0.05, 0) is 30.5 Å². The molecular weight excluding hydrogens is 176 g/mol. The number of methoxy groups -OCH3 is 1. The molecule has 3 N–H and O–H groups in total. The molecule has 0 saturated heterocycles. The lowest BCUT2D eigenvalue weighted by Crippen LogP contribution is -1.81. The van der Waals surface area contributed by atoms with Crippen LogP contribution in [-0.4, -0.2) is 12.1 Å². The van der Waals surface area contributed by atoms with E-state index in [1.807, 2.05) is 30.5 Å². The number of ether oxygens (including phenoxy) is 1. The molecule has 0 aliphatic rings. The first kappa shape index (κ1) is 8.69. The summed E-state index contributed by atoms with van der Waals surface area (Å²) in [6.07, 6.45) is 5.31. The lowest BCUT2D eigenvalue weighted by Gasteiger charge is -1.99. The van der Waals surface area contributed by atoms with Crippen molar-refractivity contribution < 1.29 is 4.74 Å². The predicted molar refractivity (Wildman–Crippen MR) is 58.1 cm³/mol. The van der Waals surface area contributed by atoms with Gasteiger partial charge in [-0.2, -0.15) is 0 Å². The predicted octanol–water partition coefficient (Wildman–Crippen LogP) is 2.11. The molecule has 1 heterocycles. The van der Waals surface area contributed by atoms with E-state index >= 15 is 0 Å². The quantitative estimate of drug-likeness (QED) is 0.758. The van der Waals surface area contributed by atoms with E-state index in [1.54, 1.807) is 7.11 Å². The molecule has 0 saturated carbocycles. The van der Waals surface area contributed by atoms with Gasteiger partial charge in [-0.15, -0.1) is 0 Å². The molecule has 14 heavy (non-hydrogen) atoms. The number of fused-ring (bicyclic) bond motifs is 1. The van der Waals surface area contributed by atoms with Crippen molar-refractivity contribution in [3.05, 3.63) is 36.2 Å². The normalized spacial score (nSPS) is 11.2. The van der Waals surface area contributed by atoms with Gasteiger partial charge in [-0.25, -0.2) is 0 Å². The highest BCUT2D eigenvalue weighted by molar-refractivity contribution is 5.89. The van der Waals surface area contributed by atoms with E-state index in [4.69, 9.17) is 10.5 Å². The maximum atomic E-state index is 5.36. The molecule has 1 aromatic heterocycles. The van der Waals surface area contributed by atoms with Crippen molar-refractivity contribution in [1.29, 1.82) is 0 Å². The van der Waals surface area contributed by atoms with Crippen molar-refractivity contribution in [1.82, 2.24) is 4.98 Å². The summed E-state index contributed by atoms with van der Waals surface area (Å²) >= 11 is 0. The number of aromatic amines is 1. The molecule has 72 valence electrons. The molecular formula is C11H12N2O. The highest BCUT2D eigenvalue weighted by Crippen LogP contribution is 2.24. The number of hydrogen-bond acceptors (Lipinski definition) is 2. The second kappa shape index (κ2) is 3.46. The number of H-pyrrole nitrogens is 1. The van der Waals surface area contributed by atoms with Crippen LogP contribution in [0.25, 0.3) is 17.0 Å². The monoisotopic (exact) mass is 188 g/mol. The Balaban J connectivity index is 2.63. The highest BCUT2D eigenvalue weighted by atomic mass is 16.5. The third-order valence-electron chi connectivity index (χ3n) is 2.20. The fourth-order valence-corrected chi connectivity index (χ4v) is 1.49. The van der Waals surface area contributed by atoms with Gasteiger partial charge >= 0.3 is 0 Å². The van der Waals surface area contributed by atoms with E-state index < -0.39 is 0 Å². The van der Waals surface area contributed by atoms with Gasteiger partial charge in [0.05, 0.1) is 7.11 Å². The zero-order valence-electron chi connectivity index (χ0n) is 7.95. The van der Waals surface area contributed by atoms with Crippen LogP contribution in [0.15, 0.2) is 30.6 Å². The minimum atomic E-state index is 0.851. The first-order valence-electron chi connectivity index (χ1n) is 4.38. The molecule has 0 amide bonds. The Morgan fingerprint density at radius 3 is 3.00 bits per heavy atom. The van der Waals surface area contributed by atoms with Crippen LogP contribution in [0.5, 0.6) is 5.75 Å². The summed E-state index contributed by atoms with van der Waals surface area (Å²) in [6, 6.07) is 5.90. The summed E-state index contributed by atoms with van der Waals surface area (Å²) < 4.78 is 5.16. The summed E-state index contributed by atoms with van der Waals surface area (Å²) in [5.41, 5.74) is 7.51. The smallest absolute Gasteiger partial charge is 0.119 e. The maximum Gasteiger partial charge on any atom is 0.119 e. The van der Waals surface area contributed by atoms with E-state index in [0.717, 1.165) is 22.2 Å². The Hall–Kier alpha value is -1.90. The zero-order chi connectivity index (χ0) is 9.97. The number of rotatable bonds is 2. The topological polar surface area (TPSA) is 51.0 Å². The van der Waals surface area contributed by atoms with Crippen molar-refractivity contribution >= 4 is 17.0 Å². The number of benzene rings is 1. The van der Waals surface area contributed by atoms with Crippen LogP contribution in [0, 0.1) is 0 Å². The van der Waals surface area contributed by atoms with E-state index in [9.17, 15) is 0 Å². The molecule has 0 unspecified atom stereocenters. The summed E-state index contributed by atoms with van der Waals surface area (Å²) in [7, 11) is 1.66. The van der Waals surface area contributed by atoms with Gasteiger partial charge < -0.3 is 15.5 Å². The number of hydrogen-bond donors (Lipinski definition) is 2.